The number of carbonyl (C=O) groups is 2. The quantitative estimate of drug-likeness (QED) is 0.462. The van der Waals surface area contributed by atoms with E-state index in [1.807, 2.05) is 19.1 Å². The van der Waals surface area contributed by atoms with Gasteiger partial charge in [-0.2, -0.15) is 13.2 Å². The average Bonchev–Trinajstić information content (AvgIpc) is 2.74. The van der Waals surface area contributed by atoms with Crippen LogP contribution in [-0.2, 0) is 17.6 Å². The lowest BCUT2D eigenvalue weighted by Gasteiger charge is -2.28. The van der Waals surface area contributed by atoms with E-state index in [1.54, 1.807) is 39.0 Å². The van der Waals surface area contributed by atoms with Crippen LogP contribution in [-0.4, -0.2) is 23.0 Å². The van der Waals surface area contributed by atoms with E-state index in [1.165, 1.54) is 12.1 Å². The van der Waals surface area contributed by atoms with Gasteiger partial charge < -0.3 is 15.2 Å². The van der Waals surface area contributed by atoms with Crippen LogP contribution in [0.3, 0.4) is 0 Å². The first-order valence-electron chi connectivity index (χ1n) is 10.6. The molecular formula is C26H26F3NO4. The highest BCUT2D eigenvalue weighted by atomic mass is 19.4. The molecule has 0 saturated carbocycles. The highest BCUT2D eigenvalue weighted by Gasteiger charge is 2.34. The van der Waals surface area contributed by atoms with Crippen LogP contribution in [0.25, 0.3) is 10.8 Å². The monoisotopic (exact) mass is 473 g/mol. The van der Waals surface area contributed by atoms with Crippen molar-refractivity contribution in [1.29, 1.82) is 0 Å². The normalized spacial score (nSPS) is 12.9. The maximum absolute atomic E-state index is 13.1. The summed E-state index contributed by atoms with van der Waals surface area (Å²) in [4.78, 5) is 24.9. The van der Waals surface area contributed by atoms with Crippen LogP contribution in [0, 0.1) is 12.3 Å². The summed E-state index contributed by atoms with van der Waals surface area (Å²) in [7, 11) is 0. The lowest BCUT2D eigenvalue weighted by Crippen LogP contribution is -2.49. The molecule has 5 nitrogen and oxygen atoms in total. The molecule has 0 aromatic heterocycles. The molecule has 0 spiro atoms. The summed E-state index contributed by atoms with van der Waals surface area (Å²) in [6.07, 6.45) is -4.44. The maximum atomic E-state index is 13.1. The number of carboxylic acids is 1. The Morgan fingerprint density at radius 2 is 1.65 bits per heavy atom. The number of aryl methyl sites for hydroxylation is 1. The van der Waals surface area contributed by atoms with Gasteiger partial charge in [0.2, 0.25) is 0 Å². The molecule has 8 heteroatoms. The number of amides is 1. The van der Waals surface area contributed by atoms with Crippen molar-refractivity contribution in [1.82, 2.24) is 5.32 Å². The van der Waals surface area contributed by atoms with Gasteiger partial charge in [0, 0.05) is 5.39 Å². The first-order valence-corrected chi connectivity index (χ1v) is 10.6. The van der Waals surface area contributed by atoms with E-state index < -0.39 is 35.1 Å². The van der Waals surface area contributed by atoms with E-state index in [0.717, 1.165) is 23.1 Å². The summed E-state index contributed by atoms with van der Waals surface area (Å²) in [5.41, 5.74) is 0.118. The standard InChI is InChI=1S/C26H26F3NO4/c1-15-5-11-19-17(13-15)8-12-20(23(31)30-22(24(32)33)25(2,3)4)21(19)34-14-16-6-9-18(10-7-16)26(27,28)29/h5-13,22H,14H2,1-4H3,(H,30,31)(H,32,33). The molecule has 1 atom stereocenters. The van der Waals surface area contributed by atoms with Crippen molar-refractivity contribution in [2.24, 2.45) is 5.41 Å². The zero-order valence-electron chi connectivity index (χ0n) is 19.3. The second-order valence-corrected chi connectivity index (χ2v) is 9.26. The second kappa shape index (κ2) is 9.37. The van der Waals surface area contributed by atoms with Gasteiger partial charge in [0.1, 0.15) is 18.4 Å². The van der Waals surface area contributed by atoms with Crippen molar-refractivity contribution in [3.63, 3.8) is 0 Å². The van der Waals surface area contributed by atoms with Gasteiger partial charge in [-0.1, -0.05) is 62.7 Å². The van der Waals surface area contributed by atoms with Gasteiger partial charge in [-0.15, -0.1) is 0 Å². The molecule has 0 heterocycles. The first-order chi connectivity index (χ1) is 15.8. The Hall–Kier alpha value is -3.55. The van der Waals surface area contributed by atoms with Gasteiger partial charge in [-0.3, -0.25) is 4.79 Å². The fraction of sp³-hybridized carbons (Fsp3) is 0.308. The molecule has 3 aromatic rings. The predicted molar refractivity (Wildman–Crippen MR) is 123 cm³/mol. The van der Waals surface area contributed by atoms with Crippen LogP contribution in [0.15, 0.2) is 54.6 Å². The highest BCUT2D eigenvalue weighted by molar-refractivity contribution is 6.05. The third-order valence-corrected chi connectivity index (χ3v) is 5.42. The summed E-state index contributed by atoms with van der Waals surface area (Å²) in [5, 5.41) is 13.6. The Bertz CT molecular complexity index is 1210. The molecule has 0 saturated heterocycles. The minimum Gasteiger partial charge on any atom is -0.487 e. The minimum atomic E-state index is -4.44. The Kier molecular flexibility index (Phi) is 6.91. The Balaban J connectivity index is 1.97. The first kappa shape index (κ1) is 25.1. The fourth-order valence-electron chi connectivity index (χ4n) is 3.56. The molecule has 2 N–H and O–H groups in total. The number of rotatable bonds is 6. The van der Waals surface area contributed by atoms with Crippen molar-refractivity contribution in [3.05, 3.63) is 76.9 Å². The average molecular weight is 473 g/mol. The van der Waals surface area contributed by atoms with Gasteiger partial charge in [0.25, 0.3) is 5.91 Å². The topological polar surface area (TPSA) is 75.6 Å². The summed E-state index contributed by atoms with van der Waals surface area (Å²) >= 11 is 0. The highest BCUT2D eigenvalue weighted by Crippen LogP contribution is 2.33. The summed E-state index contributed by atoms with van der Waals surface area (Å²) in [6, 6.07) is 12.3. The molecule has 34 heavy (non-hydrogen) atoms. The number of carboxylic acid groups (broad SMARTS) is 1. The lowest BCUT2D eigenvalue weighted by atomic mass is 9.86. The van der Waals surface area contributed by atoms with Crippen LogP contribution in [0.4, 0.5) is 13.2 Å². The number of hydrogen-bond donors (Lipinski definition) is 2. The Morgan fingerprint density at radius 1 is 1.00 bits per heavy atom. The molecule has 0 bridgehead atoms. The Labute approximate surface area is 195 Å². The van der Waals surface area contributed by atoms with Crippen LogP contribution < -0.4 is 10.1 Å². The number of nitrogens with one attached hydrogen (secondary N) is 1. The lowest BCUT2D eigenvalue weighted by molar-refractivity contribution is -0.142. The molecule has 0 radical (unpaired) electrons. The molecule has 3 aromatic carbocycles. The van der Waals surface area contributed by atoms with Gasteiger partial charge in [0.05, 0.1) is 11.1 Å². The smallest absolute Gasteiger partial charge is 0.416 e. The number of fused-ring (bicyclic) bond motifs is 1. The molecule has 0 aliphatic heterocycles. The van der Waals surface area contributed by atoms with Gasteiger partial charge in [0.15, 0.2) is 0 Å². The molecule has 1 amide bonds. The third kappa shape index (κ3) is 5.68. The number of carbonyl (C=O) groups excluding carboxylic acids is 1. The zero-order valence-corrected chi connectivity index (χ0v) is 19.3. The van der Waals surface area contributed by atoms with Gasteiger partial charge in [-0.25, -0.2) is 4.79 Å². The van der Waals surface area contributed by atoms with E-state index in [-0.39, 0.29) is 17.9 Å². The van der Waals surface area contributed by atoms with Crippen molar-refractivity contribution < 1.29 is 32.6 Å². The molecule has 3 rings (SSSR count). The summed E-state index contributed by atoms with van der Waals surface area (Å²) < 4.78 is 44.5. The van der Waals surface area contributed by atoms with Crippen molar-refractivity contribution in [2.45, 2.75) is 46.5 Å². The number of aliphatic carboxylic acids is 1. The van der Waals surface area contributed by atoms with Gasteiger partial charge >= 0.3 is 12.1 Å². The number of alkyl halides is 3. The van der Waals surface area contributed by atoms with E-state index in [9.17, 15) is 27.9 Å². The minimum absolute atomic E-state index is 0.0764. The molecule has 1 unspecified atom stereocenters. The van der Waals surface area contributed by atoms with Crippen molar-refractivity contribution in [3.8, 4) is 5.75 Å². The van der Waals surface area contributed by atoms with E-state index in [4.69, 9.17) is 4.74 Å². The Morgan fingerprint density at radius 3 is 2.21 bits per heavy atom. The van der Waals surface area contributed by atoms with Gasteiger partial charge in [-0.05, 0) is 41.5 Å². The molecule has 0 fully saturated rings. The fourth-order valence-corrected chi connectivity index (χ4v) is 3.56. The predicted octanol–water partition coefficient (Wildman–Crippen LogP) is 5.98. The number of benzene rings is 3. The zero-order chi connectivity index (χ0) is 25.3. The summed E-state index contributed by atoms with van der Waals surface area (Å²) in [5.74, 6) is -1.55. The van der Waals surface area contributed by atoms with E-state index in [2.05, 4.69) is 5.32 Å². The van der Waals surface area contributed by atoms with Crippen LogP contribution in [0.5, 0.6) is 5.75 Å². The summed E-state index contributed by atoms with van der Waals surface area (Å²) in [6.45, 7) is 6.96. The number of halogens is 3. The molecule has 0 aliphatic rings. The van der Waals surface area contributed by atoms with Crippen LogP contribution >= 0.6 is 0 Å². The van der Waals surface area contributed by atoms with Crippen molar-refractivity contribution in [2.75, 3.05) is 0 Å². The third-order valence-electron chi connectivity index (χ3n) is 5.42. The molecular weight excluding hydrogens is 447 g/mol. The number of hydrogen-bond acceptors (Lipinski definition) is 3. The SMILES string of the molecule is Cc1ccc2c(OCc3ccc(C(F)(F)F)cc3)c(C(=O)NC(C(=O)O)C(C)(C)C)ccc2c1. The number of ether oxygens (including phenoxy) is 1. The largest absolute Gasteiger partial charge is 0.487 e. The molecule has 180 valence electrons. The van der Waals surface area contributed by atoms with Crippen LogP contribution in [0.1, 0.15) is 47.8 Å². The second-order valence-electron chi connectivity index (χ2n) is 9.26. The van der Waals surface area contributed by atoms with E-state index in [0.29, 0.717) is 10.9 Å². The molecule has 0 aliphatic carbocycles. The van der Waals surface area contributed by atoms with E-state index >= 15 is 0 Å². The maximum Gasteiger partial charge on any atom is 0.416 e. The van der Waals surface area contributed by atoms with Crippen molar-refractivity contribution >= 4 is 22.6 Å². The van der Waals surface area contributed by atoms with Crippen LogP contribution in [0.2, 0.25) is 0 Å².